The highest BCUT2D eigenvalue weighted by molar-refractivity contribution is 5.96. The second kappa shape index (κ2) is 10.3. The first-order valence-corrected chi connectivity index (χ1v) is 10.6. The van der Waals surface area contributed by atoms with E-state index in [9.17, 15) is 9.59 Å². The Kier molecular flexibility index (Phi) is 7.46. The first-order valence-electron chi connectivity index (χ1n) is 10.6. The Balaban J connectivity index is 1.70. The first-order chi connectivity index (χ1) is 14.5. The average Bonchev–Trinajstić information content (AvgIpc) is 2.75. The number of hydrogen-bond donors (Lipinski definition) is 2. The second-order valence-corrected chi connectivity index (χ2v) is 7.78. The van der Waals surface area contributed by atoms with Crippen molar-refractivity contribution in [3.05, 3.63) is 65.2 Å². The first kappa shape index (κ1) is 21.8. The molecule has 6 heteroatoms. The standard InChI is InChI=1S/C24H31N3O3/c1-4-30-24(29)27-14-12-20(13-15-27)25-22(19-8-6-5-7-9-19)23(28)26-21-16-17(2)10-11-18(21)3/h5-11,16,20,22,25H,4,12-15H2,1-3H3,(H,26,28)/t22-/m0/s1. The molecule has 1 aliphatic rings. The molecule has 160 valence electrons. The maximum atomic E-state index is 13.2. The molecule has 0 bridgehead atoms. The Morgan fingerprint density at radius 3 is 2.47 bits per heavy atom. The highest BCUT2D eigenvalue weighted by Crippen LogP contribution is 2.22. The number of nitrogens with one attached hydrogen (secondary N) is 2. The van der Waals surface area contributed by atoms with Crippen LogP contribution in [0.3, 0.4) is 0 Å². The van der Waals surface area contributed by atoms with Crippen LogP contribution in [0.1, 0.15) is 42.5 Å². The van der Waals surface area contributed by atoms with Crippen LogP contribution in [0.25, 0.3) is 0 Å². The van der Waals surface area contributed by atoms with Gasteiger partial charge in [0.25, 0.3) is 0 Å². The summed E-state index contributed by atoms with van der Waals surface area (Å²) < 4.78 is 5.09. The molecule has 30 heavy (non-hydrogen) atoms. The molecule has 0 radical (unpaired) electrons. The van der Waals surface area contributed by atoms with Crippen LogP contribution < -0.4 is 10.6 Å². The van der Waals surface area contributed by atoms with E-state index in [1.54, 1.807) is 4.90 Å². The van der Waals surface area contributed by atoms with Gasteiger partial charge in [-0.1, -0.05) is 42.5 Å². The number of amides is 2. The molecule has 0 unspecified atom stereocenters. The largest absolute Gasteiger partial charge is 0.450 e. The molecular weight excluding hydrogens is 378 g/mol. The van der Waals surface area contributed by atoms with Crippen LogP contribution in [0, 0.1) is 13.8 Å². The van der Waals surface area contributed by atoms with Crippen molar-refractivity contribution < 1.29 is 14.3 Å². The summed E-state index contributed by atoms with van der Waals surface area (Å²) in [5.74, 6) is -0.0808. The van der Waals surface area contributed by atoms with Crippen LogP contribution in [-0.2, 0) is 9.53 Å². The molecule has 0 aromatic heterocycles. The molecule has 1 heterocycles. The van der Waals surface area contributed by atoms with Crippen molar-refractivity contribution in [3.8, 4) is 0 Å². The number of benzene rings is 2. The van der Waals surface area contributed by atoms with E-state index in [0.717, 1.165) is 35.2 Å². The van der Waals surface area contributed by atoms with Gasteiger partial charge in [0.1, 0.15) is 6.04 Å². The molecule has 1 atom stereocenters. The van der Waals surface area contributed by atoms with Crippen LogP contribution >= 0.6 is 0 Å². The molecule has 0 aliphatic carbocycles. The highest BCUT2D eigenvalue weighted by atomic mass is 16.6. The summed E-state index contributed by atoms with van der Waals surface area (Å²) in [6.07, 6.45) is 1.29. The van der Waals surface area contributed by atoms with Gasteiger partial charge in [-0.2, -0.15) is 0 Å². The normalized spacial score (nSPS) is 15.5. The van der Waals surface area contributed by atoms with Crippen LogP contribution in [0.5, 0.6) is 0 Å². The van der Waals surface area contributed by atoms with Gasteiger partial charge in [-0.3, -0.25) is 10.1 Å². The minimum atomic E-state index is -0.467. The van der Waals surface area contributed by atoms with Gasteiger partial charge >= 0.3 is 6.09 Å². The zero-order chi connectivity index (χ0) is 21.5. The number of piperidine rings is 1. The molecule has 2 aromatic rings. The van der Waals surface area contributed by atoms with E-state index >= 15 is 0 Å². The topological polar surface area (TPSA) is 70.7 Å². The smallest absolute Gasteiger partial charge is 0.409 e. The molecule has 1 aliphatic heterocycles. The Labute approximate surface area is 178 Å². The minimum absolute atomic E-state index is 0.0808. The zero-order valence-electron chi connectivity index (χ0n) is 18.0. The Morgan fingerprint density at radius 2 is 1.80 bits per heavy atom. The molecule has 3 rings (SSSR count). The molecule has 1 saturated heterocycles. The fourth-order valence-electron chi connectivity index (χ4n) is 3.72. The molecule has 6 nitrogen and oxygen atoms in total. The van der Waals surface area contributed by atoms with Crippen molar-refractivity contribution in [1.29, 1.82) is 0 Å². The van der Waals surface area contributed by atoms with Gasteiger partial charge in [-0.15, -0.1) is 0 Å². The summed E-state index contributed by atoms with van der Waals surface area (Å²) in [7, 11) is 0. The quantitative estimate of drug-likeness (QED) is 0.750. The van der Waals surface area contributed by atoms with Crippen LogP contribution in [0.15, 0.2) is 48.5 Å². The third kappa shape index (κ3) is 5.60. The molecule has 2 N–H and O–H groups in total. The Bertz CT molecular complexity index is 861. The van der Waals surface area contributed by atoms with E-state index < -0.39 is 6.04 Å². The lowest BCUT2D eigenvalue weighted by Crippen LogP contribution is -2.47. The number of aryl methyl sites for hydroxylation is 2. The summed E-state index contributed by atoms with van der Waals surface area (Å²) in [6.45, 7) is 7.44. The second-order valence-electron chi connectivity index (χ2n) is 7.78. The maximum Gasteiger partial charge on any atom is 0.409 e. The molecule has 0 saturated carbocycles. The maximum absolute atomic E-state index is 13.2. The van der Waals surface area contributed by atoms with Crippen molar-refractivity contribution in [1.82, 2.24) is 10.2 Å². The van der Waals surface area contributed by atoms with Crippen molar-refractivity contribution in [2.24, 2.45) is 0 Å². The molecule has 2 amide bonds. The molecular formula is C24H31N3O3. The average molecular weight is 410 g/mol. The van der Waals surface area contributed by atoms with E-state index in [1.165, 1.54) is 0 Å². The van der Waals surface area contributed by atoms with Gasteiger partial charge in [-0.05, 0) is 56.4 Å². The fourth-order valence-corrected chi connectivity index (χ4v) is 3.72. The number of rotatable bonds is 6. The number of nitrogens with zero attached hydrogens (tertiary/aromatic N) is 1. The zero-order valence-corrected chi connectivity index (χ0v) is 18.0. The van der Waals surface area contributed by atoms with Gasteiger partial charge in [0, 0.05) is 24.8 Å². The highest BCUT2D eigenvalue weighted by Gasteiger charge is 2.28. The monoisotopic (exact) mass is 409 g/mol. The predicted molar refractivity (Wildman–Crippen MR) is 118 cm³/mol. The fraction of sp³-hybridized carbons (Fsp3) is 0.417. The van der Waals surface area contributed by atoms with Crippen LogP contribution in [0.2, 0.25) is 0 Å². The van der Waals surface area contributed by atoms with Crippen molar-refractivity contribution in [2.45, 2.75) is 45.7 Å². The van der Waals surface area contributed by atoms with Crippen LogP contribution in [0.4, 0.5) is 10.5 Å². The van der Waals surface area contributed by atoms with Gasteiger partial charge in [-0.25, -0.2) is 4.79 Å². The van der Waals surface area contributed by atoms with Crippen molar-refractivity contribution >= 4 is 17.7 Å². The number of hydrogen-bond acceptors (Lipinski definition) is 4. The van der Waals surface area contributed by atoms with E-state index in [-0.39, 0.29) is 18.0 Å². The lowest BCUT2D eigenvalue weighted by atomic mass is 10.00. The molecule has 2 aromatic carbocycles. The lowest BCUT2D eigenvalue weighted by Gasteiger charge is -2.34. The van der Waals surface area contributed by atoms with Crippen LogP contribution in [-0.4, -0.2) is 42.6 Å². The van der Waals surface area contributed by atoms with E-state index in [4.69, 9.17) is 4.74 Å². The molecule has 0 spiro atoms. The summed E-state index contributed by atoms with van der Waals surface area (Å²) in [4.78, 5) is 26.9. The number of ether oxygens (including phenoxy) is 1. The SMILES string of the molecule is CCOC(=O)N1CCC(N[C@H](C(=O)Nc2cc(C)ccc2C)c2ccccc2)CC1. The number of likely N-dealkylation sites (tertiary alicyclic amines) is 1. The third-order valence-corrected chi connectivity index (χ3v) is 5.47. The summed E-state index contributed by atoms with van der Waals surface area (Å²) in [5, 5.41) is 6.62. The summed E-state index contributed by atoms with van der Waals surface area (Å²) in [6, 6.07) is 15.5. The lowest BCUT2D eigenvalue weighted by molar-refractivity contribution is -0.118. The number of carbonyl (C=O) groups excluding carboxylic acids is 2. The minimum Gasteiger partial charge on any atom is -0.450 e. The number of anilines is 1. The van der Waals surface area contributed by atoms with E-state index in [2.05, 4.69) is 10.6 Å². The Morgan fingerprint density at radius 1 is 1.10 bits per heavy atom. The predicted octanol–water partition coefficient (Wildman–Crippen LogP) is 4.19. The van der Waals surface area contributed by atoms with Gasteiger partial charge in [0.05, 0.1) is 6.61 Å². The summed E-state index contributed by atoms with van der Waals surface area (Å²) in [5.41, 5.74) is 3.89. The Hall–Kier alpha value is -2.86. The number of carbonyl (C=O) groups is 2. The van der Waals surface area contributed by atoms with Gasteiger partial charge in [0.2, 0.25) is 5.91 Å². The van der Waals surface area contributed by atoms with Crippen molar-refractivity contribution in [3.63, 3.8) is 0 Å². The third-order valence-electron chi connectivity index (χ3n) is 5.47. The van der Waals surface area contributed by atoms with Gasteiger partial charge < -0.3 is 15.0 Å². The van der Waals surface area contributed by atoms with E-state index in [0.29, 0.717) is 19.7 Å². The molecule has 1 fully saturated rings. The summed E-state index contributed by atoms with van der Waals surface area (Å²) >= 11 is 0. The van der Waals surface area contributed by atoms with E-state index in [1.807, 2.05) is 69.3 Å². The van der Waals surface area contributed by atoms with Gasteiger partial charge in [0.15, 0.2) is 0 Å². The van der Waals surface area contributed by atoms with Crippen molar-refractivity contribution in [2.75, 3.05) is 25.0 Å².